The number of halogens is 4. The van der Waals surface area contributed by atoms with Gasteiger partial charge in [0.05, 0.1) is 0 Å². The fourth-order valence-electron chi connectivity index (χ4n) is 3.29. The molecule has 0 aliphatic heterocycles. The molecule has 0 heterocycles. The summed E-state index contributed by atoms with van der Waals surface area (Å²) in [6.45, 7) is 16.0. The standard InChI is InChI=1S/C24H29.4ClH.Zr/c1-16-11-17-9-8-10-21(22(17)12-16)18-13-19(23(2,3)4)15-20(14-18)24(5,6)7;;;;;/h8-15H,1-7H3;4*1H;/q;;;;;+4/p-4. The molecule has 0 unspecified atom stereocenters. The van der Waals surface area contributed by atoms with Crippen molar-refractivity contribution in [3.63, 3.8) is 0 Å². The Bertz CT molecular complexity index is 872. The van der Waals surface area contributed by atoms with E-state index in [1.54, 1.807) is 0 Å². The Morgan fingerprint density at radius 1 is 0.759 bits per heavy atom. The van der Waals surface area contributed by atoms with Crippen molar-refractivity contribution in [2.45, 2.75) is 59.3 Å². The van der Waals surface area contributed by atoms with Crippen LogP contribution in [0.3, 0.4) is 0 Å². The molecular formula is C24H29Cl4Zr. The fraction of sp³-hybridized carbons (Fsp3) is 0.375. The second-order valence-corrected chi connectivity index (χ2v) is 32.0. The van der Waals surface area contributed by atoms with Crippen molar-refractivity contribution in [3.05, 3.63) is 70.6 Å². The fourth-order valence-corrected chi connectivity index (χ4v) is 3.29. The molecule has 2 aromatic carbocycles. The van der Waals surface area contributed by atoms with E-state index in [2.05, 4.69) is 97.4 Å². The number of allylic oxidation sites excluding steroid dienone is 1. The summed E-state index contributed by atoms with van der Waals surface area (Å²) in [5.41, 5.74) is 9.82. The molecule has 0 fully saturated rings. The number of fused-ring (bicyclic) bond motifs is 1. The van der Waals surface area contributed by atoms with Gasteiger partial charge < -0.3 is 0 Å². The molecule has 3 rings (SSSR count). The third-order valence-electron chi connectivity index (χ3n) is 4.87. The first-order chi connectivity index (χ1) is 13.1. The second kappa shape index (κ2) is 9.38. The normalized spacial score (nSPS) is 14.1. The van der Waals surface area contributed by atoms with Gasteiger partial charge in [0, 0.05) is 6.42 Å². The molecule has 2 aromatic rings. The zero-order valence-electron chi connectivity index (χ0n) is 18.1. The Morgan fingerprint density at radius 2 is 1.24 bits per heavy atom. The van der Waals surface area contributed by atoms with Crippen LogP contribution in [0.25, 0.3) is 17.2 Å². The summed E-state index contributed by atoms with van der Waals surface area (Å²) >= 11 is -3.29. The van der Waals surface area contributed by atoms with Gasteiger partial charge in [-0.2, -0.15) is 0 Å². The summed E-state index contributed by atoms with van der Waals surface area (Å²) in [5.74, 6) is 0. The van der Waals surface area contributed by atoms with Crippen molar-refractivity contribution in [2.24, 2.45) is 0 Å². The minimum atomic E-state index is -3.29. The number of hydrogen-bond donors (Lipinski definition) is 0. The van der Waals surface area contributed by atoms with Crippen LogP contribution in [-0.2, 0) is 26.3 Å². The van der Waals surface area contributed by atoms with Crippen LogP contribution in [0.2, 0.25) is 0 Å². The van der Waals surface area contributed by atoms with Crippen LogP contribution in [-0.4, -0.2) is 0 Å². The number of rotatable bonds is 1. The van der Waals surface area contributed by atoms with Crippen molar-refractivity contribution in [3.8, 4) is 11.1 Å². The van der Waals surface area contributed by atoms with Crippen molar-refractivity contribution >= 4 is 40.1 Å². The molecule has 0 saturated heterocycles. The van der Waals surface area contributed by atoms with Gasteiger partial charge in [0.15, 0.2) is 0 Å². The Balaban J connectivity index is 0.000000537. The molecule has 5 heteroatoms. The van der Waals surface area contributed by atoms with Gasteiger partial charge >= 0.3 is 49.5 Å². The molecule has 0 spiro atoms. The molecule has 0 bridgehead atoms. The first-order valence-electron chi connectivity index (χ1n) is 9.64. The molecule has 1 aliphatic carbocycles. The van der Waals surface area contributed by atoms with Crippen molar-refractivity contribution < 1.29 is 15.5 Å². The van der Waals surface area contributed by atoms with Crippen LogP contribution in [0, 0.1) is 6.42 Å². The average molecular weight is 551 g/mol. The van der Waals surface area contributed by atoms with E-state index < -0.39 is 15.5 Å². The monoisotopic (exact) mass is 547 g/mol. The van der Waals surface area contributed by atoms with Gasteiger partial charge in [0.25, 0.3) is 0 Å². The molecule has 1 aliphatic rings. The van der Waals surface area contributed by atoms with Crippen LogP contribution >= 0.6 is 34.1 Å². The Labute approximate surface area is 195 Å². The number of hydrogen-bond acceptors (Lipinski definition) is 0. The zero-order valence-corrected chi connectivity index (χ0v) is 23.6. The van der Waals surface area contributed by atoms with E-state index in [9.17, 15) is 0 Å². The minimum absolute atomic E-state index is 0.145. The van der Waals surface area contributed by atoms with Crippen LogP contribution < -0.4 is 0 Å². The molecule has 157 valence electrons. The summed E-state index contributed by atoms with van der Waals surface area (Å²) in [6.07, 6.45) is 4.59. The Morgan fingerprint density at radius 3 is 1.69 bits per heavy atom. The summed E-state index contributed by atoms with van der Waals surface area (Å²) in [5, 5.41) is 0. The molecule has 0 aromatic heterocycles. The van der Waals surface area contributed by atoms with E-state index in [1.165, 1.54) is 39.0 Å². The second-order valence-electron chi connectivity index (χ2n) is 9.57. The SMILES string of the molecule is CC1=Cc2c(cccc2-c2cc(C(C)(C)C)cc(C(C)(C)C)c2)[CH]1.[Cl][Zr]([Cl])([Cl])[Cl]. The molecule has 0 saturated carbocycles. The molecule has 1 radical (unpaired) electrons. The first-order valence-corrected chi connectivity index (χ1v) is 22.3. The summed E-state index contributed by atoms with van der Waals surface area (Å²) in [7, 11) is 20.1. The topological polar surface area (TPSA) is 0 Å². The maximum atomic E-state index is 5.04. The quantitative estimate of drug-likeness (QED) is 0.332. The van der Waals surface area contributed by atoms with E-state index in [-0.39, 0.29) is 10.8 Å². The van der Waals surface area contributed by atoms with Gasteiger partial charge in [-0.1, -0.05) is 89.6 Å². The third-order valence-corrected chi connectivity index (χ3v) is 4.87. The van der Waals surface area contributed by atoms with Gasteiger partial charge in [-0.15, -0.1) is 0 Å². The predicted molar refractivity (Wildman–Crippen MR) is 130 cm³/mol. The van der Waals surface area contributed by atoms with Gasteiger partial charge in [-0.3, -0.25) is 0 Å². The molecule has 0 atom stereocenters. The van der Waals surface area contributed by atoms with Gasteiger partial charge in [0.2, 0.25) is 0 Å². The van der Waals surface area contributed by atoms with E-state index in [4.69, 9.17) is 34.1 Å². The van der Waals surface area contributed by atoms with Crippen molar-refractivity contribution in [1.82, 2.24) is 0 Å². The maximum absolute atomic E-state index is 5.04. The molecule has 0 N–H and O–H groups in total. The zero-order chi connectivity index (χ0) is 22.2. The van der Waals surface area contributed by atoms with Crippen LogP contribution in [0.1, 0.15) is 70.7 Å². The third kappa shape index (κ3) is 7.69. The Kier molecular flexibility index (Phi) is 8.24. The van der Waals surface area contributed by atoms with E-state index >= 15 is 0 Å². The summed E-state index contributed by atoms with van der Waals surface area (Å²) in [6, 6.07) is 13.8. The van der Waals surface area contributed by atoms with Gasteiger partial charge in [-0.05, 0) is 51.1 Å². The summed E-state index contributed by atoms with van der Waals surface area (Å²) in [4.78, 5) is 0. The predicted octanol–water partition coefficient (Wildman–Crippen LogP) is 9.67. The van der Waals surface area contributed by atoms with Crippen LogP contribution in [0.15, 0.2) is 42.0 Å². The average Bonchev–Trinajstić information content (AvgIpc) is 2.91. The molecule has 0 amide bonds. The van der Waals surface area contributed by atoms with E-state index in [0.717, 1.165) is 0 Å². The van der Waals surface area contributed by atoms with Crippen molar-refractivity contribution in [1.29, 1.82) is 0 Å². The molecule has 29 heavy (non-hydrogen) atoms. The van der Waals surface area contributed by atoms with Crippen molar-refractivity contribution in [2.75, 3.05) is 0 Å². The van der Waals surface area contributed by atoms with Crippen LogP contribution in [0.5, 0.6) is 0 Å². The van der Waals surface area contributed by atoms with Gasteiger partial charge in [0.1, 0.15) is 0 Å². The number of benzene rings is 2. The molecule has 0 nitrogen and oxygen atoms in total. The van der Waals surface area contributed by atoms with E-state index in [0.29, 0.717) is 0 Å². The van der Waals surface area contributed by atoms with E-state index in [1.807, 2.05) is 0 Å². The Hall–Kier alpha value is 0.223. The molecular weight excluding hydrogens is 521 g/mol. The summed E-state index contributed by atoms with van der Waals surface area (Å²) < 4.78 is 0. The first kappa shape index (κ1) is 25.5. The van der Waals surface area contributed by atoms with Gasteiger partial charge in [-0.25, -0.2) is 0 Å². The van der Waals surface area contributed by atoms with Crippen LogP contribution in [0.4, 0.5) is 0 Å².